The molecule has 0 spiro atoms. The third-order valence-electron chi connectivity index (χ3n) is 5.77. The van der Waals surface area contributed by atoms with Crippen molar-refractivity contribution in [2.24, 2.45) is 4.99 Å². The van der Waals surface area contributed by atoms with E-state index in [9.17, 15) is 39.2 Å². The van der Waals surface area contributed by atoms with E-state index in [1.807, 2.05) is 0 Å². The molecule has 2 heterocycles. The first kappa shape index (κ1) is 28.2. The molecule has 1 unspecified atom stereocenters. The fourth-order valence-corrected chi connectivity index (χ4v) is 3.83. The lowest BCUT2D eigenvalue weighted by molar-refractivity contribution is -0.384. The molecule has 41 heavy (non-hydrogen) atoms. The van der Waals surface area contributed by atoms with Crippen LogP contribution in [-0.2, 0) is 25.7 Å². The largest absolute Gasteiger partial charge is 0.477 e. The number of nitro groups is 1. The van der Waals surface area contributed by atoms with Gasteiger partial charge in [-0.25, -0.2) is 19.4 Å². The van der Waals surface area contributed by atoms with Crippen molar-refractivity contribution in [2.45, 2.75) is 19.6 Å². The van der Waals surface area contributed by atoms with Crippen molar-refractivity contribution < 1.29 is 38.7 Å². The molecule has 0 fully saturated rings. The minimum atomic E-state index is -1.45. The number of aromatic nitrogens is 1. The SMILES string of the molecule is CCOC(=O)c1ccc(NC(=O)OCc2cn(-c3cc4c(cc3[N+](=O)[O-])NC(C=O)C(C(=O)O)=N4)ccc2=O)cc1. The third-order valence-corrected chi connectivity index (χ3v) is 5.77. The van der Waals surface area contributed by atoms with Gasteiger partial charge in [0.15, 0.2) is 11.1 Å². The Kier molecular flexibility index (Phi) is 8.17. The molecule has 0 saturated heterocycles. The van der Waals surface area contributed by atoms with E-state index >= 15 is 0 Å². The standard InChI is InChI=1S/C26H21N5O10/c1-2-40-25(36)14-3-5-16(6-4-14)27-26(37)41-13-15-11-30(8-7-22(15)33)20-9-18-17(10-21(20)31(38)39)28-19(12-32)23(29-18)24(34)35/h3-12,19,28H,2,13H2,1H3,(H,27,37)(H,34,35). The topological polar surface area (TPSA) is 209 Å². The van der Waals surface area contributed by atoms with E-state index in [0.29, 0.717) is 12.0 Å². The van der Waals surface area contributed by atoms with Crippen molar-refractivity contribution >= 4 is 52.8 Å². The first-order valence-corrected chi connectivity index (χ1v) is 11.9. The minimum Gasteiger partial charge on any atom is -0.477 e. The molecule has 1 aromatic heterocycles. The van der Waals surface area contributed by atoms with E-state index in [4.69, 9.17) is 9.47 Å². The first-order chi connectivity index (χ1) is 19.6. The van der Waals surface area contributed by atoms with Gasteiger partial charge in [0, 0.05) is 30.2 Å². The zero-order valence-electron chi connectivity index (χ0n) is 21.2. The molecule has 15 heteroatoms. The zero-order chi connectivity index (χ0) is 29.7. The van der Waals surface area contributed by atoms with Gasteiger partial charge < -0.3 is 29.3 Å². The van der Waals surface area contributed by atoms with E-state index in [2.05, 4.69) is 15.6 Å². The fourth-order valence-electron chi connectivity index (χ4n) is 3.83. The minimum absolute atomic E-state index is 0.0194. The lowest BCUT2D eigenvalue weighted by Gasteiger charge is -2.22. The molecule has 3 aromatic rings. The van der Waals surface area contributed by atoms with Crippen molar-refractivity contribution in [3.8, 4) is 5.69 Å². The second kappa shape index (κ2) is 11.9. The van der Waals surface area contributed by atoms with Gasteiger partial charge in [-0.3, -0.25) is 20.2 Å². The summed E-state index contributed by atoms with van der Waals surface area (Å²) in [5, 5.41) is 26.3. The molecular weight excluding hydrogens is 542 g/mol. The van der Waals surface area contributed by atoms with Crippen molar-refractivity contribution in [1.29, 1.82) is 0 Å². The van der Waals surface area contributed by atoms with Gasteiger partial charge in [-0.05, 0) is 37.3 Å². The van der Waals surface area contributed by atoms with Crippen LogP contribution in [-0.4, -0.2) is 57.3 Å². The Bertz CT molecular complexity index is 1650. The number of nitro benzene ring substituents is 1. The van der Waals surface area contributed by atoms with Gasteiger partial charge in [0.25, 0.3) is 5.69 Å². The highest BCUT2D eigenvalue weighted by Gasteiger charge is 2.30. The highest BCUT2D eigenvalue weighted by molar-refractivity contribution is 6.42. The Hall–Kier alpha value is -5.86. The number of anilines is 2. The number of amides is 1. The molecule has 1 aliphatic heterocycles. The van der Waals surface area contributed by atoms with Gasteiger partial charge in [-0.2, -0.15) is 0 Å². The number of esters is 1. The number of ether oxygens (including phenoxy) is 2. The van der Waals surface area contributed by atoms with Gasteiger partial charge >= 0.3 is 18.0 Å². The summed E-state index contributed by atoms with van der Waals surface area (Å²) in [5.41, 5.74) is -0.861. The molecule has 0 aliphatic carbocycles. The number of nitrogens with zero attached hydrogens (tertiary/aromatic N) is 3. The van der Waals surface area contributed by atoms with Crippen LogP contribution in [0, 0.1) is 10.1 Å². The predicted octanol–water partition coefficient (Wildman–Crippen LogP) is 2.82. The van der Waals surface area contributed by atoms with Gasteiger partial charge in [0.2, 0.25) is 0 Å². The summed E-state index contributed by atoms with van der Waals surface area (Å²) in [5.74, 6) is -1.96. The highest BCUT2D eigenvalue weighted by Crippen LogP contribution is 2.37. The number of carboxylic acids is 1. The average molecular weight is 563 g/mol. The average Bonchev–Trinajstić information content (AvgIpc) is 2.95. The van der Waals surface area contributed by atoms with E-state index in [0.717, 1.165) is 12.1 Å². The summed E-state index contributed by atoms with van der Waals surface area (Å²) in [7, 11) is 0. The predicted molar refractivity (Wildman–Crippen MR) is 143 cm³/mol. The maximum Gasteiger partial charge on any atom is 0.411 e. The highest BCUT2D eigenvalue weighted by atomic mass is 16.6. The maximum absolute atomic E-state index is 12.4. The quantitative estimate of drug-likeness (QED) is 0.149. The van der Waals surface area contributed by atoms with Crippen LogP contribution >= 0.6 is 0 Å². The van der Waals surface area contributed by atoms with E-state index in [-0.39, 0.29) is 34.8 Å². The molecule has 1 atom stereocenters. The number of aliphatic imine (C=N–C) groups is 1. The smallest absolute Gasteiger partial charge is 0.411 e. The van der Waals surface area contributed by atoms with Crippen molar-refractivity contribution in [1.82, 2.24) is 4.57 Å². The van der Waals surface area contributed by atoms with Crippen LogP contribution < -0.4 is 16.1 Å². The molecule has 0 saturated carbocycles. The van der Waals surface area contributed by atoms with Crippen LogP contribution in [0.1, 0.15) is 22.8 Å². The van der Waals surface area contributed by atoms with Gasteiger partial charge in [-0.1, -0.05) is 0 Å². The number of aldehydes is 1. The van der Waals surface area contributed by atoms with Gasteiger partial charge in [-0.15, -0.1) is 0 Å². The van der Waals surface area contributed by atoms with Crippen molar-refractivity contribution in [3.05, 3.63) is 86.3 Å². The zero-order valence-corrected chi connectivity index (χ0v) is 21.2. The fraction of sp³-hybridized carbons (Fsp3) is 0.154. The number of carboxylic acid groups (broad SMARTS) is 1. The number of nitrogens with one attached hydrogen (secondary N) is 2. The summed E-state index contributed by atoms with van der Waals surface area (Å²) < 4.78 is 11.3. The summed E-state index contributed by atoms with van der Waals surface area (Å²) in [6.45, 7) is 1.40. The summed E-state index contributed by atoms with van der Waals surface area (Å²) in [4.78, 5) is 74.4. The molecule has 0 radical (unpaired) electrons. The normalized spacial score (nSPS) is 13.6. The lowest BCUT2D eigenvalue weighted by atomic mass is 10.1. The molecule has 1 aliphatic rings. The molecule has 210 valence electrons. The Labute approximate surface area is 230 Å². The van der Waals surface area contributed by atoms with Crippen LogP contribution in [0.3, 0.4) is 0 Å². The van der Waals surface area contributed by atoms with E-state index < -0.39 is 52.4 Å². The van der Waals surface area contributed by atoms with E-state index in [1.54, 1.807) is 6.92 Å². The second-order valence-electron chi connectivity index (χ2n) is 8.42. The van der Waals surface area contributed by atoms with Gasteiger partial charge in [0.1, 0.15) is 24.6 Å². The molecule has 4 rings (SSSR count). The van der Waals surface area contributed by atoms with E-state index in [1.165, 1.54) is 47.3 Å². The third kappa shape index (κ3) is 6.25. The van der Waals surface area contributed by atoms with Crippen LogP contribution in [0.4, 0.5) is 27.5 Å². The summed E-state index contributed by atoms with van der Waals surface area (Å²) >= 11 is 0. The number of fused-ring (bicyclic) bond motifs is 1. The number of carbonyl (C=O) groups excluding carboxylic acids is 3. The first-order valence-electron chi connectivity index (χ1n) is 11.9. The Balaban J connectivity index is 1.56. The van der Waals surface area contributed by atoms with Gasteiger partial charge in [0.05, 0.1) is 34.0 Å². The molecule has 1 amide bonds. The number of rotatable bonds is 9. The molecule has 15 nitrogen and oxygen atoms in total. The maximum atomic E-state index is 12.4. The monoisotopic (exact) mass is 563 g/mol. The van der Waals surface area contributed by atoms with Crippen LogP contribution in [0.2, 0.25) is 0 Å². The van der Waals surface area contributed by atoms with Crippen LogP contribution in [0.25, 0.3) is 5.69 Å². The number of hydrogen-bond donors (Lipinski definition) is 3. The molecule has 2 aromatic carbocycles. The van der Waals surface area contributed by atoms with Crippen LogP contribution in [0.15, 0.2) is 64.6 Å². The lowest BCUT2D eigenvalue weighted by Crippen LogP contribution is -2.38. The van der Waals surface area contributed by atoms with Crippen LogP contribution in [0.5, 0.6) is 0 Å². The molecule has 0 bridgehead atoms. The van der Waals surface area contributed by atoms with Crippen molar-refractivity contribution in [3.63, 3.8) is 0 Å². The number of benzene rings is 2. The Morgan fingerprint density at radius 1 is 1.20 bits per heavy atom. The number of hydrogen-bond acceptors (Lipinski definition) is 11. The number of pyridine rings is 1. The second-order valence-corrected chi connectivity index (χ2v) is 8.42. The number of aliphatic carboxylic acids is 1. The number of carbonyl (C=O) groups is 4. The molecule has 3 N–H and O–H groups in total. The summed E-state index contributed by atoms with van der Waals surface area (Å²) in [6, 6.07) is 7.96. The Morgan fingerprint density at radius 3 is 2.56 bits per heavy atom. The summed E-state index contributed by atoms with van der Waals surface area (Å²) in [6.07, 6.45) is 1.89. The Morgan fingerprint density at radius 2 is 1.93 bits per heavy atom. The molecular formula is C26H21N5O10. The van der Waals surface area contributed by atoms with Crippen molar-refractivity contribution in [2.75, 3.05) is 17.2 Å².